The van der Waals surface area contributed by atoms with Gasteiger partial charge in [0, 0.05) is 19.6 Å². The van der Waals surface area contributed by atoms with E-state index in [4.69, 9.17) is 0 Å². The SMILES string of the molecule is Cc1cccc(CNCC(=O)N2CCCCCC2)c1. The number of nitrogens with zero attached hydrogens (tertiary/aromatic N) is 1. The van der Waals surface area contributed by atoms with E-state index in [1.165, 1.54) is 24.0 Å². The van der Waals surface area contributed by atoms with E-state index in [0.29, 0.717) is 6.54 Å². The van der Waals surface area contributed by atoms with Gasteiger partial charge in [0.15, 0.2) is 0 Å². The van der Waals surface area contributed by atoms with Crippen molar-refractivity contribution >= 4 is 5.91 Å². The second-order valence-electron chi connectivity index (χ2n) is 5.39. The molecule has 104 valence electrons. The lowest BCUT2D eigenvalue weighted by atomic mass is 10.1. The molecule has 0 spiro atoms. The first kappa shape index (κ1) is 14.1. The highest BCUT2D eigenvalue weighted by atomic mass is 16.2. The van der Waals surface area contributed by atoms with Crippen LogP contribution in [-0.4, -0.2) is 30.4 Å². The van der Waals surface area contributed by atoms with Gasteiger partial charge < -0.3 is 10.2 Å². The number of amides is 1. The molecule has 1 saturated heterocycles. The zero-order valence-corrected chi connectivity index (χ0v) is 11.8. The molecule has 0 radical (unpaired) electrons. The van der Waals surface area contributed by atoms with E-state index in [0.717, 1.165) is 32.5 Å². The molecule has 1 aromatic rings. The minimum atomic E-state index is 0.245. The molecule has 1 aliphatic rings. The highest BCUT2D eigenvalue weighted by molar-refractivity contribution is 5.78. The summed E-state index contributed by atoms with van der Waals surface area (Å²) in [6, 6.07) is 8.40. The molecule has 2 rings (SSSR count). The summed E-state index contributed by atoms with van der Waals surface area (Å²) in [4.78, 5) is 14.1. The number of likely N-dealkylation sites (tertiary alicyclic amines) is 1. The van der Waals surface area contributed by atoms with Crippen LogP contribution < -0.4 is 5.32 Å². The number of hydrogen-bond acceptors (Lipinski definition) is 2. The van der Waals surface area contributed by atoms with Crippen LogP contribution in [0.15, 0.2) is 24.3 Å². The molecule has 1 heterocycles. The molecule has 3 nitrogen and oxygen atoms in total. The summed E-state index contributed by atoms with van der Waals surface area (Å²) in [5.41, 5.74) is 2.50. The largest absolute Gasteiger partial charge is 0.342 e. The minimum absolute atomic E-state index is 0.245. The minimum Gasteiger partial charge on any atom is -0.342 e. The summed E-state index contributed by atoms with van der Waals surface area (Å²) in [6.45, 7) is 5.18. The predicted octanol–water partition coefficient (Wildman–Crippen LogP) is 2.49. The second kappa shape index (κ2) is 7.29. The zero-order chi connectivity index (χ0) is 13.5. The summed E-state index contributed by atoms with van der Waals surface area (Å²) in [6.07, 6.45) is 4.84. The molecule has 0 atom stereocenters. The first-order chi connectivity index (χ1) is 9.25. The molecule has 0 saturated carbocycles. The monoisotopic (exact) mass is 260 g/mol. The van der Waals surface area contributed by atoms with Crippen molar-refractivity contribution in [3.8, 4) is 0 Å². The average molecular weight is 260 g/mol. The van der Waals surface area contributed by atoms with E-state index in [1.54, 1.807) is 0 Å². The first-order valence-electron chi connectivity index (χ1n) is 7.30. The van der Waals surface area contributed by atoms with Gasteiger partial charge in [-0.1, -0.05) is 42.7 Å². The van der Waals surface area contributed by atoms with Crippen LogP contribution in [0.5, 0.6) is 0 Å². The Morgan fingerprint density at radius 1 is 1.21 bits per heavy atom. The number of benzene rings is 1. The molecule has 0 unspecified atom stereocenters. The van der Waals surface area contributed by atoms with Crippen LogP contribution in [-0.2, 0) is 11.3 Å². The summed E-state index contributed by atoms with van der Waals surface area (Å²) < 4.78 is 0. The van der Waals surface area contributed by atoms with Crippen LogP contribution in [0.4, 0.5) is 0 Å². The van der Waals surface area contributed by atoms with Crippen molar-refractivity contribution in [2.24, 2.45) is 0 Å². The Kier molecular flexibility index (Phi) is 5.40. The fourth-order valence-corrected chi connectivity index (χ4v) is 2.57. The van der Waals surface area contributed by atoms with Crippen molar-refractivity contribution in [2.45, 2.75) is 39.2 Å². The normalized spacial score (nSPS) is 16.2. The number of carbonyl (C=O) groups is 1. The van der Waals surface area contributed by atoms with Crippen molar-refractivity contribution in [2.75, 3.05) is 19.6 Å². The van der Waals surface area contributed by atoms with E-state index in [1.807, 2.05) is 4.90 Å². The molecule has 1 aromatic carbocycles. The third-order valence-corrected chi connectivity index (χ3v) is 3.65. The second-order valence-corrected chi connectivity index (χ2v) is 5.39. The van der Waals surface area contributed by atoms with E-state index >= 15 is 0 Å². The highest BCUT2D eigenvalue weighted by Crippen LogP contribution is 2.09. The Hall–Kier alpha value is -1.35. The topological polar surface area (TPSA) is 32.3 Å². The van der Waals surface area contributed by atoms with Gasteiger partial charge in [0.05, 0.1) is 6.54 Å². The van der Waals surface area contributed by atoms with Crippen molar-refractivity contribution in [1.29, 1.82) is 0 Å². The van der Waals surface area contributed by atoms with Gasteiger partial charge in [0.25, 0.3) is 0 Å². The molecule has 1 fully saturated rings. The Labute approximate surface area is 116 Å². The predicted molar refractivity (Wildman–Crippen MR) is 77.9 cm³/mol. The smallest absolute Gasteiger partial charge is 0.236 e. The van der Waals surface area contributed by atoms with Crippen LogP contribution in [0, 0.1) is 6.92 Å². The van der Waals surface area contributed by atoms with Crippen LogP contribution in [0.2, 0.25) is 0 Å². The Morgan fingerprint density at radius 2 is 1.95 bits per heavy atom. The standard InChI is InChI=1S/C16H24N2O/c1-14-7-6-8-15(11-14)12-17-13-16(19)18-9-4-2-3-5-10-18/h6-8,11,17H,2-5,9-10,12-13H2,1H3. The Morgan fingerprint density at radius 3 is 2.63 bits per heavy atom. The van der Waals surface area contributed by atoms with Gasteiger partial charge in [-0.2, -0.15) is 0 Å². The molecular weight excluding hydrogens is 236 g/mol. The Balaban J connectivity index is 1.74. The third kappa shape index (κ3) is 4.67. The maximum Gasteiger partial charge on any atom is 0.236 e. The fourth-order valence-electron chi connectivity index (χ4n) is 2.57. The van der Waals surface area contributed by atoms with Crippen molar-refractivity contribution < 1.29 is 4.79 Å². The quantitative estimate of drug-likeness (QED) is 0.902. The molecule has 0 bridgehead atoms. The molecule has 1 amide bonds. The molecule has 1 aliphatic heterocycles. The lowest BCUT2D eigenvalue weighted by molar-refractivity contribution is -0.130. The summed E-state index contributed by atoms with van der Waals surface area (Å²) >= 11 is 0. The van der Waals surface area contributed by atoms with Gasteiger partial charge >= 0.3 is 0 Å². The summed E-state index contributed by atoms with van der Waals surface area (Å²) in [5.74, 6) is 0.245. The number of aryl methyl sites for hydroxylation is 1. The molecule has 0 aromatic heterocycles. The van der Waals surface area contributed by atoms with Crippen LogP contribution in [0.3, 0.4) is 0 Å². The number of hydrogen-bond donors (Lipinski definition) is 1. The highest BCUT2D eigenvalue weighted by Gasteiger charge is 2.14. The van der Waals surface area contributed by atoms with Gasteiger partial charge in [-0.25, -0.2) is 0 Å². The number of carbonyl (C=O) groups excluding carboxylic acids is 1. The fraction of sp³-hybridized carbons (Fsp3) is 0.562. The Bertz CT molecular complexity index is 409. The molecule has 0 aliphatic carbocycles. The van der Waals surface area contributed by atoms with Crippen LogP contribution >= 0.6 is 0 Å². The van der Waals surface area contributed by atoms with E-state index in [-0.39, 0.29) is 5.91 Å². The van der Waals surface area contributed by atoms with Crippen LogP contribution in [0.1, 0.15) is 36.8 Å². The van der Waals surface area contributed by atoms with Gasteiger partial charge in [-0.3, -0.25) is 4.79 Å². The molecule has 19 heavy (non-hydrogen) atoms. The maximum atomic E-state index is 12.1. The maximum absolute atomic E-state index is 12.1. The molecule has 1 N–H and O–H groups in total. The van der Waals surface area contributed by atoms with Gasteiger partial charge in [-0.05, 0) is 25.3 Å². The van der Waals surface area contributed by atoms with Crippen LogP contribution in [0.25, 0.3) is 0 Å². The van der Waals surface area contributed by atoms with Gasteiger partial charge in [0.2, 0.25) is 5.91 Å². The number of rotatable bonds is 4. The third-order valence-electron chi connectivity index (χ3n) is 3.65. The van der Waals surface area contributed by atoms with Crippen molar-refractivity contribution in [3.63, 3.8) is 0 Å². The lowest BCUT2D eigenvalue weighted by Crippen LogP contribution is -2.38. The number of nitrogens with one attached hydrogen (secondary N) is 1. The van der Waals surface area contributed by atoms with E-state index in [9.17, 15) is 4.79 Å². The molecular formula is C16H24N2O. The first-order valence-corrected chi connectivity index (χ1v) is 7.30. The summed E-state index contributed by atoms with van der Waals surface area (Å²) in [7, 11) is 0. The van der Waals surface area contributed by atoms with Gasteiger partial charge in [0.1, 0.15) is 0 Å². The summed E-state index contributed by atoms with van der Waals surface area (Å²) in [5, 5.41) is 3.26. The average Bonchev–Trinajstić information content (AvgIpc) is 2.67. The zero-order valence-electron chi connectivity index (χ0n) is 11.8. The van der Waals surface area contributed by atoms with E-state index < -0.39 is 0 Å². The van der Waals surface area contributed by atoms with Crippen molar-refractivity contribution in [3.05, 3.63) is 35.4 Å². The van der Waals surface area contributed by atoms with Gasteiger partial charge in [-0.15, -0.1) is 0 Å². The van der Waals surface area contributed by atoms with Crippen molar-refractivity contribution in [1.82, 2.24) is 10.2 Å². The lowest BCUT2D eigenvalue weighted by Gasteiger charge is -2.20. The molecule has 3 heteroatoms. The van der Waals surface area contributed by atoms with E-state index in [2.05, 4.69) is 36.5 Å².